The van der Waals surface area contributed by atoms with Gasteiger partial charge in [-0.2, -0.15) is 5.10 Å². The second-order valence-electron chi connectivity index (χ2n) is 3.75. The van der Waals surface area contributed by atoms with Crippen molar-refractivity contribution < 1.29 is 4.39 Å². The Balaban J connectivity index is 2.43. The molecule has 1 aromatic carbocycles. The van der Waals surface area contributed by atoms with Gasteiger partial charge in [0.05, 0.1) is 12.6 Å². The smallest absolute Gasteiger partial charge is 0.324 e. The summed E-state index contributed by atoms with van der Waals surface area (Å²) in [5.41, 5.74) is 6.01. The lowest BCUT2D eigenvalue weighted by Gasteiger charge is -2.14. The molecule has 17 heavy (non-hydrogen) atoms. The van der Waals surface area contributed by atoms with Crippen LogP contribution in [0.2, 0.25) is 0 Å². The number of benzene rings is 1. The Bertz CT molecular complexity index is 558. The highest BCUT2D eigenvalue weighted by Gasteiger charge is 2.15. The van der Waals surface area contributed by atoms with Crippen molar-refractivity contribution in [3.05, 3.63) is 52.0 Å². The van der Waals surface area contributed by atoms with E-state index in [9.17, 15) is 9.18 Å². The summed E-state index contributed by atoms with van der Waals surface area (Å²) in [5.74, 6) is 0.173. The van der Waals surface area contributed by atoms with E-state index in [1.807, 2.05) is 6.92 Å². The summed E-state index contributed by atoms with van der Waals surface area (Å²) in [7, 11) is 0. The SMILES string of the molecule is C[C@H](c1ccc(F)cc1)n1c(CN)n[nH]c1=O. The molecule has 0 fully saturated rings. The zero-order valence-corrected chi connectivity index (χ0v) is 9.35. The standard InChI is InChI=1S/C11H13FN4O/c1-7(8-2-4-9(12)5-3-8)16-10(6-13)14-15-11(16)17/h2-5,7H,6,13H2,1H3,(H,15,17)/t7-/m1/s1. The van der Waals surface area contributed by atoms with Crippen LogP contribution in [0, 0.1) is 5.82 Å². The maximum atomic E-state index is 12.8. The minimum Gasteiger partial charge on any atom is -0.324 e. The third kappa shape index (κ3) is 2.12. The average Bonchev–Trinajstić information content (AvgIpc) is 2.70. The lowest BCUT2D eigenvalue weighted by atomic mass is 10.1. The molecule has 6 heteroatoms. The lowest BCUT2D eigenvalue weighted by molar-refractivity contribution is 0.580. The number of H-pyrrole nitrogens is 1. The Kier molecular flexibility index (Phi) is 3.06. The highest BCUT2D eigenvalue weighted by atomic mass is 19.1. The molecule has 0 spiro atoms. The van der Waals surface area contributed by atoms with E-state index in [-0.39, 0.29) is 24.1 Å². The first-order valence-corrected chi connectivity index (χ1v) is 5.24. The van der Waals surface area contributed by atoms with Gasteiger partial charge in [0.25, 0.3) is 0 Å². The predicted octanol–water partition coefficient (Wildman–Crippen LogP) is 0.779. The third-order valence-corrected chi connectivity index (χ3v) is 2.70. The predicted molar refractivity (Wildman–Crippen MR) is 61.0 cm³/mol. The molecule has 1 heterocycles. The molecule has 5 nitrogen and oxygen atoms in total. The van der Waals surface area contributed by atoms with Gasteiger partial charge < -0.3 is 5.73 Å². The van der Waals surface area contributed by atoms with E-state index in [1.54, 1.807) is 12.1 Å². The fraction of sp³-hybridized carbons (Fsp3) is 0.273. The third-order valence-electron chi connectivity index (χ3n) is 2.70. The van der Waals surface area contributed by atoms with Crippen LogP contribution in [0.1, 0.15) is 24.4 Å². The molecule has 2 aromatic rings. The Morgan fingerprint density at radius 3 is 2.71 bits per heavy atom. The van der Waals surface area contributed by atoms with Gasteiger partial charge in [-0.3, -0.25) is 4.57 Å². The van der Waals surface area contributed by atoms with Crippen LogP contribution in [0.25, 0.3) is 0 Å². The Labute approximate surface area is 97.1 Å². The number of nitrogens with one attached hydrogen (secondary N) is 1. The molecule has 0 radical (unpaired) electrons. The second-order valence-corrected chi connectivity index (χ2v) is 3.75. The van der Waals surface area contributed by atoms with Crippen molar-refractivity contribution in [3.8, 4) is 0 Å². The number of aromatic amines is 1. The normalized spacial score (nSPS) is 12.6. The fourth-order valence-corrected chi connectivity index (χ4v) is 1.77. The van der Waals surface area contributed by atoms with Crippen LogP contribution in [0.5, 0.6) is 0 Å². The van der Waals surface area contributed by atoms with Crippen LogP contribution < -0.4 is 11.4 Å². The molecule has 0 amide bonds. The van der Waals surface area contributed by atoms with Crippen molar-refractivity contribution in [1.82, 2.24) is 14.8 Å². The van der Waals surface area contributed by atoms with Crippen molar-refractivity contribution in [2.45, 2.75) is 19.5 Å². The Morgan fingerprint density at radius 2 is 2.12 bits per heavy atom. The molecule has 0 bridgehead atoms. The molecule has 90 valence electrons. The number of hydrogen-bond acceptors (Lipinski definition) is 3. The van der Waals surface area contributed by atoms with Crippen molar-refractivity contribution in [3.63, 3.8) is 0 Å². The summed E-state index contributed by atoms with van der Waals surface area (Å²) in [5, 5.41) is 6.18. The quantitative estimate of drug-likeness (QED) is 0.826. The molecule has 0 aliphatic heterocycles. The number of halogens is 1. The van der Waals surface area contributed by atoms with Crippen molar-refractivity contribution in [2.24, 2.45) is 5.73 Å². The molecule has 0 aliphatic rings. The molecule has 0 aliphatic carbocycles. The van der Waals surface area contributed by atoms with Gasteiger partial charge in [0.1, 0.15) is 11.6 Å². The molecular formula is C11H13FN4O. The van der Waals surface area contributed by atoms with E-state index in [4.69, 9.17) is 5.73 Å². The van der Waals surface area contributed by atoms with Crippen LogP contribution in [0.15, 0.2) is 29.1 Å². The average molecular weight is 236 g/mol. The van der Waals surface area contributed by atoms with Gasteiger partial charge in [0.15, 0.2) is 0 Å². The maximum Gasteiger partial charge on any atom is 0.343 e. The van der Waals surface area contributed by atoms with Crippen LogP contribution in [0.4, 0.5) is 4.39 Å². The second kappa shape index (κ2) is 4.50. The van der Waals surface area contributed by atoms with Crippen molar-refractivity contribution in [1.29, 1.82) is 0 Å². The van der Waals surface area contributed by atoms with E-state index in [1.165, 1.54) is 16.7 Å². The minimum atomic E-state index is -0.317. The summed E-state index contributed by atoms with van der Waals surface area (Å²) in [6.07, 6.45) is 0. The van der Waals surface area contributed by atoms with Gasteiger partial charge in [0.2, 0.25) is 0 Å². The molecule has 1 aromatic heterocycles. The summed E-state index contributed by atoms with van der Waals surface area (Å²) < 4.78 is 14.3. The molecule has 1 atom stereocenters. The highest BCUT2D eigenvalue weighted by molar-refractivity contribution is 5.20. The largest absolute Gasteiger partial charge is 0.343 e. The summed E-state index contributed by atoms with van der Waals surface area (Å²) in [4.78, 5) is 11.6. The number of nitrogens with two attached hydrogens (primary N) is 1. The topological polar surface area (TPSA) is 76.7 Å². The first-order valence-electron chi connectivity index (χ1n) is 5.24. The zero-order chi connectivity index (χ0) is 12.4. The van der Waals surface area contributed by atoms with Gasteiger partial charge in [-0.05, 0) is 24.6 Å². The van der Waals surface area contributed by atoms with Gasteiger partial charge >= 0.3 is 5.69 Å². The molecule has 0 saturated heterocycles. The number of hydrogen-bond donors (Lipinski definition) is 2. The van der Waals surface area contributed by atoms with Crippen molar-refractivity contribution >= 4 is 0 Å². The zero-order valence-electron chi connectivity index (χ0n) is 9.35. The monoisotopic (exact) mass is 236 g/mol. The van der Waals surface area contributed by atoms with Crippen LogP contribution in [0.3, 0.4) is 0 Å². The molecule has 2 rings (SSSR count). The summed E-state index contributed by atoms with van der Waals surface area (Å²) in [6.45, 7) is 2.01. The summed E-state index contributed by atoms with van der Waals surface area (Å²) in [6, 6.07) is 5.76. The maximum absolute atomic E-state index is 12.8. The number of nitrogens with zero attached hydrogens (tertiary/aromatic N) is 2. The molecule has 0 saturated carbocycles. The molecular weight excluding hydrogens is 223 g/mol. The van der Waals surface area contributed by atoms with E-state index in [0.29, 0.717) is 5.82 Å². The Hall–Kier alpha value is -1.95. The van der Waals surface area contributed by atoms with E-state index >= 15 is 0 Å². The molecule has 3 N–H and O–H groups in total. The van der Waals surface area contributed by atoms with E-state index in [0.717, 1.165) is 5.56 Å². The van der Waals surface area contributed by atoms with Gasteiger partial charge in [-0.25, -0.2) is 14.3 Å². The van der Waals surface area contributed by atoms with Gasteiger partial charge in [0, 0.05) is 0 Å². The minimum absolute atomic E-state index is 0.171. The summed E-state index contributed by atoms with van der Waals surface area (Å²) >= 11 is 0. The molecule has 0 unspecified atom stereocenters. The first-order chi connectivity index (χ1) is 8.13. The fourth-order valence-electron chi connectivity index (χ4n) is 1.77. The highest BCUT2D eigenvalue weighted by Crippen LogP contribution is 2.17. The van der Waals surface area contributed by atoms with E-state index < -0.39 is 0 Å². The van der Waals surface area contributed by atoms with Gasteiger partial charge in [-0.1, -0.05) is 12.1 Å². The number of rotatable bonds is 3. The lowest BCUT2D eigenvalue weighted by Crippen LogP contribution is -2.24. The van der Waals surface area contributed by atoms with Crippen LogP contribution >= 0.6 is 0 Å². The van der Waals surface area contributed by atoms with Crippen LogP contribution in [-0.2, 0) is 6.54 Å². The van der Waals surface area contributed by atoms with Crippen molar-refractivity contribution in [2.75, 3.05) is 0 Å². The van der Waals surface area contributed by atoms with Gasteiger partial charge in [-0.15, -0.1) is 0 Å². The first kappa shape index (κ1) is 11.5. The Morgan fingerprint density at radius 1 is 1.47 bits per heavy atom. The number of aromatic nitrogens is 3. The van der Waals surface area contributed by atoms with E-state index in [2.05, 4.69) is 10.2 Å². The van der Waals surface area contributed by atoms with Crippen LogP contribution in [-0.4, -0.2) is 14.8 Å².